The number of primary amides is 1. The molecule has 0 aromatic carbocycles. The smallest absolute Gasteiger partial charge is 0.243 e. The van der Waals surface area contributed by atoms with Crippen LogP contribution in [0.1, 0.15) is 46.0 Å². The Hall–Kier alpha value is -1.10. The minimum absolute atomic E-state index is 0.0810. The number of likely N-dealkylation sites (N-methyl/N-ethyl adjacent to an activating group) is 1. The first-order valence-corrected chi connectivity index (χ1v) is 6.79. The molecule has 3 N–H and O–H groups in total. The molecular formula is C13H25N3O2. The van der Waals surface area contributed by atoms with Crippen LogP contribution in [0, 0.1) is 0 Å². The number of hydrogen-bond donors (Lipinski definition) is 2. The van der Waals surface area contributed by atoms with Gasteiger partial charge in [-0.3, -0.25) is 14.5 Å². The molecule has 1 atom stereocenters. The van der Waals surface area contributed by atoms with Gasteiger partial charge < -0.3 is 11.1 Å². The number of hydrogen-bond acceptors (Lipinski definition) is 3. The molecule has 0 radical (unpaired) electrons. The monoisotopic (exact) mass is 255 g/mol. The lowest BCUT2D eigenvalue weighted by atomic mass is 9.95. The predicted molar refractivity (Wildman–Crippen MR) is 70.9 cm³/mol. The number of nitrogens with one attached hydrogen (secondary N) is 1. The second-order valence-corrected chi connectivity index (χ2v) is 5.14. The Morgan fingerprint density at radius 2 is 1.89 bits per heavy atom. The van der Waals surface area contributed by atoms with Crippen LogP contribution in [-0.4, -0.2) is 41.9 Å². The highest BCUT2D eigenvalue weighted by Gasteiger charge is 2.42. The average molecular weight is 255 g/mol. The summed E-state index contributed by atoms with van der Waals surface area (Å²) < 4.78 is 0. The van der Waals surface area contributed by atoms with E-state index in [1.54, 1.807) is 0 Å². The van der Waals surface area contributed by atoms with Crippen LogP contribution in [0.4, 0.5) is 0 Å². The number of carbonyl (C=O) groups is 2. The summed E-state index contributed by atoms with van der Waals surface area (Å²) >= 11 is 0. The molecule has 5 heteroatoms. The lowest BCUT2D eigenvalue weighted by Crippen LogP contribution is -2.59. The van der Waals surface area contributed by atoms with E-state index in [1.165, 1.54) is 0 Å². The molecule has 1 rings (SSSR count). The summed E-state index contributed by atoms with van der Waals surface area (Å²) in [7, 11) is 1.92. The Bertz CT molecular complexity index is 311. The SMILES string of the molecule is CCC(C(=O)NC1(C(N)=O)CCCC1)N(C)CC. The highest BCUT2D eigenvalue weighted by molar-refractivity contribution is 5.92. The first kappa shape index (κ1) is 15.0. The Balaban J connectivity index is 2.75. The van der Waals surface area contributed by atoms with Crippen LogP contribution in [0.25, 0.3) is 0 Å². The van der Waals surface area contributed by atoms with Crippen LogP contribution >= 0.6 is 0 Å². The molecule has 1 saturated carbocycles. The van der Waals surface area contributed by atoms with Gasteiger partial charge in [0.2, 0.25) is 11.8 Å². The summed E-state index contributed by atoms with van der Waals surface area (Å²) in [6.45, 7) is 4.78. The first-order chi connectivity index (χ1) is 8.46. The van der Waals surface area contributed by atoms with Crippen molar-refractivity contribution in [3.63, 3.8) is 0 Å². The summed E-state index contributed by atoms with van der Waals surface area (Å²) in [5.74, 6) is -0.482. The van der Waals surface area contributed by atoms with Gasteiger partial charge >= 0.3 is 0 Å². The minimum atomic E-state index is -0.806. The summed E-state index contributed by atoms with van der Waals surface area (Å²) in [6, 6.07) is -0.188. The predicted octanol–water partition coefficient (Wildman–Crippen LogP) is 0.631. The molecule has 18 heavy (non-hydrogen) atoms. The largest absolute Gasteiger partial charge is 0.368 e. The highest BCUT2D eigenvalue weighted by Crippen LogP contribution is 2.29. The van der Waals surface area contributed by atoms with Gasteiger partial charge in [-0.05, 0) is 32.9 Å². The lowest BCUT2D eigenvalue weighted by molar-refractivity contribution is -0.134. The molecule has 1 fully saturated rings. The van der Waals surface area contributed by atoms with Crippen molar-refractivity contribution >= 4 is 11.8 Å². The fraction of sp³-hybridized carbons (Fsp3) is 0.846. The number of amides is 2. The molecule has 0 heterocycles. The molecule has 5 nitrogen and oxygen atoms in total. The number of carbonyl (C=O) groups excluding carboxylic acids is 2. The van der Waals surface area contributed by atoms with Crippen molar-refractivity contribution in [2.24, 2.45) is 5.73 Å². The van der Waals surface area contributed by atoms with Crippen molar-refractivity contribution in [1.29, 1.82) is 0 Å². The van der Waals surface area contributed by atoms with Crippen LogP contribution in [-0.2, 0) is 9.59 Å². The van der Waals surface area contributed by atoms with Gasteiger partial charge in [0.15, 0.2) is 0 Å². The van der Waals surface area contributed by atoms with E-state index in [9.17, 15) is 9.59 Å². The molecule has 0 aromatic heterocycles. The zero-order chi connectivity index (χ0) is 13.8. The maximum absolute atomic E-state index is 12.3. The normalized spacial score (nSPS) is 19.8. The third-order valence-corrected chi connectivity index (χ3v) is 4.01. The van der Waals surface area contributed by atoms with E-state index in [4.69, 9.17) is 5.73 Å². The summed E-state index contributed by atoms with van der Waals surface area (Å²) in [4.78, 5) is 25.9. The third-order valence-electron chi connectivity index (χ3n) is 4.01. The second-order valence-electron chi connectivity index (χ2n) is 5.14. The molecule has 0 aromatic rings. The minimum Gasteiger partial charge on any atom is -0.368 e. The number of nitrogens with zero attached hydrogens (tertiary/aromatic N) is 1. The zero-order valence-corrected chi connectivity index (χ0v) is 11.7. The molecule has 1 aliphatic carbocycles. The Morgan fingerprint density at radius 3 is 2.28 bits per heavy atom. The van der Waals surface area contributed by atoms with Crippen molar-refractivity contribution in [3.05, 3.63) is 0 Å². The molecule has 0 saturated heterocycles. The quantitative estimate of drug-likeness (QED) is 0.731. The molecule has 0 bridgehead atoms. The topological polar surface area (TPSA) is 75.4 Å². The Labute approximate surface area is 109 Å². The van der Waals surface area contributed by atoms with E-state index in [-0.39, 0.29) is 11.9 Å². The van der Waals surface area contributed by atoms with Crippen LogP contribution in [0.5, 0.6) is 0 Å². The summed E-state index contributed by atoms with van der Waals surface area (Å²) in [5.41, 5.74) is 4.66. The van der Waals surface area contributed by atoms with Crippen LogP contribution < -0.4 is 11.1 Å². The lowest BCUT2D eigenvalue weighted by Gasteiger charge is -2.31. The molecule has 0 spiro atoms. The maximum atomic E-state index is 12.3. The van der Waals surface area contributed by atoms with E-state index >= 15 is 0 Å². The molecule has 1 aliphatic rings. The van der Waals surface area contributed by atoms with E-state index in [1.807, 2.05) is 25.8 Å². The Kier molecular flexibility index (Phi) is 5.14. The van der Waals surface area contributed by atoms with Crippen LogP contribution in [0.2, 0.25) is 0 Å². The molecule has 0 aliphatic heterocycles. The summed E-state index contributed by atoms with van der Waals surface area (Å²) in [5, 5.41) is 2.90. The zero-order valence-electron chi connectivity index (χ0n) is 11.7. The van der Waals surface area contributed by atoms with Crippen molar-refractivity contribution in [1.82, 2.24) is 10.2 Å². The van der Waals surface area contributed by atoms with Gasteiger partial charge in [-0.25, -0.2) is 0 Å². The number of nitrogens with two attached hydrogens (primary N) is 1. The van der Waals surface area contributed by atoms with Crippen molar-refractivity contribution in [3.8, 4) is 0 Å². The van der Waals surface area contributed by atoms with Gasteiger partial charge in [0.1, 0.15) is 5.54 Å². The summed E-state index contributed by atoms with van der Waals surface area (Å²) in [6.07, 6.45) is 3.96. The van der Waals surface area contributed by atoms with E-state index in [2.05, 4.69) is 5.32 Å². The van der Waals surface area contributed by atoms with E-state index < -0.39 is 11.4 Å². The average Bonchev–Trinajstić information content (AvgIpc) is 2.79. The van der Waals surface area contributed by atoms with Gasteiger partial charge in [0.05, 0.1) is 6.04 Å². The van der Waals surface area contributed by atoms with Gasteiger partial charge in [-0.1, -0.05) is 26.7 Å². The van der Waals surface area contributed by atoms with E-state index in [0.29, 0.717) is 12.8 Å². The van der Waals surface area contributed by atoms with Crippen molar-refractivity contribution < 1.29 is 9.59 Å². The Morgan fingerprint density at radius 1 is 1.33 bits per heavy atom. The van der Waals surface area contributed by atoms with Crippen molar-refractivity contribution in [2.75, 3.05) is 13.6 Å². The van der Waals surface area contributed by atoms with Crippen LogP contribution in [0.3, 0.4) is 0 Å². The molecule has 104 valence electrons. The van der Waals surface area contributed by atoms with Gasteiger partial charge in [-0.2, -0.15) is 0 Å². The molecular weight excluding hydrogens is 230 g/mol. The van der Waals surface area contributed by atoms with Gasteiger partial charge in [-0.15, -0.1) is 0 Å². The van der Waals surface area contributed by atoms with Crippen LogP contribution in [0.15, 0.2) is 0 Å². The van der Waals surface area contributed by atoms with Gasteiger partial charge in [0, 0.05) is 0 Å². The fourth-order valence-corrected chi connectivity index (χ4v) is 2.65. The standard InChI is InChI=1S/C13H25N3O2/c1-4-10(16(3)5-2)11(17)15-13(12(14)18)8-6-7-9-13/h10H,4-9H2,1-3H3,(H2,14,18)(H,15,17). The van der Waals surface area contributed by atoms with Gasteiger partial charge in [0.25, 0.3) is 0 Å². The highest BCUT2D eigenvalue weighted by atomic mass is 16.2. The van der Waals surface area contributed by atoms with Crippen molar-refractivity contribution in [2.45, 2.75) is 57.5 Å². The molecule has 2 amide bonds. The fourth-order valence-electron chi connectivity index (χ4n) is 2.65. The number of rotatable bonds is 6. The second kappa shape index (κ2) is 6.18. The third kappa shape index (κ3) is 3.02. The molecule has 1 unspecified atom stereocenters. The maximum Gasteiger partial charge on any atom is 0.243 e. The first-order valence-electron chi connectivity index (χ1n) is 6.79. The van der Waals surface area contributed by atoms with E-state index in [0.717, 1.165) is 25.8 Å².